The van der Waals surface area contributed by atoms with Crippen LogP contribution in [0, 0.1) is 17.3 Å². The number of nitrogens with one attached hydrogen (secondary N) is 2. The van der Waals surface area contributed by atoms with Gasteiger partial charge in [-0.05, 0) is 81.8 Å². The Morgan fingerprint density at radius 2 is 1.58 bits per heavy atom. The highest BCUT2D eigenvalue weighted by Crippen LogP contribution is 2.39. The van der Waals surface area contributed by atoms with Crippen molar-refractivity contribution in [2.24, 2.45) is 17.3 Å². The van der Waals surface area contributed by atoms with Crippen molar-refractivity contribution < 1.29 is 0 Å². The van der Waals surface area contributed by atoms with Crippen LogP contribution in [0.1, 0.15) is 65.7 Å². The number of hydrogen-bond acceptors (Lipinski definition) is 2. The molecule has 0 amide bonds. The molecule has 0 atom stereocenters. The molecule has 0 aromatic carbocycles. The maximum Gasteiger partial charge on any atom is 0.00682 e. The van der Waals surface area contributed by atoms with Gasteiger partial charge in [-0.2, -0.15) is 0 Å². The highest BCUT2D eigenvalue weighted by Gasteiger charge is 2.29. The zero-order valence-electron chi connectivity index (χ0n) is 13.3. The molecule has 0 aromatic rings. The van der Waals surface area contributed by atoms with Crippen molar-refractivity contribution in [1.82, 2.24) is 10.6 Å². The van der Waals surface area contributed by atoms with Crippen LogP contribution in [0.25, 0.3) is 0 Å². The van der Waals surface area contributed by atoms with Crippen LogP contribution in [0.2, 0.25) is 0 Å². The molecular weight excluding hydrogens is 232 g/mol. The lowest BCUT2D eigenvalue weighted by atomic mass is 9.70. The Morgan fingerprint density at radius 3 is 2.16 bits per heavy atom. The third-order valence-electron chi connectivity index (χ3n) is 5.05. The number of hydrogen-bond donors (Lipinski definition) is 2. The largest absolute Gasteiger partial charge is 0.316 e. The van der Waals surface area contributed by atoms with Gasteiger partial charge in [0, 0.05) is 6.04 Å². The first-order valence-corrected chi connectivity index (χ1v) is 8.50. The molecule has 0 unspecified atom stereocenters. The SMILES string of the molecule is CC(C)(C)C1CCC(CNCCCNC2CC2)CC1. The van der Waals surface area contributed by atoms with Crippen molar-refractivity contribution in [2.75, 3.05) is 19.6 Å². The summed E-state index contributed by atoms with van der Waals surface area (Å²) in [4.78, 5) is 0. The van der Waals surface area contributed by atoms with Gasteiger partial charge in [0.2, 0.25) is 0 Å². The van der Waals surface area contributed by atoms with Crippen molar-refractivity contribution in [2.45, 2.75) is 71.8 Å². The van der Waals surface area contributed by atoms with Crippen molar-refractivity contribution in [3.05, 3.63) is 0 Å². The second-order valence-electron chi connectivity index (χ2n) is 7.87. The van der Waals surface area contributed by atoms with E-state index in [4.69, 9.17) is 0 Å². The third kappa shape index (κ3) is 5.83. The van der Waals surface area contributed by atoms with E-state index >= 15 is 0 Å². The van der Waals surface area contributed by atoms with Gasteiger partial charge in [-0.25, -0.2) is 0 Å². The van der Waals surface area contributed by atoms with Gasteiger partial charge < -0.3 is 10.6 Å². The molecule has 0 aromatic heterocycles. The molecule has 0 spiro atoms. The van der Waals surface area contributed by atoms with E-state index in [1.165, 1.54) is 64.6 Å². The molecule has 112 valence electrons. The number of rotatable bonds is 7. The maximum absolute atomic E-state index is 3.66. The first-order valence-electron chi connectivity index (χ1n) is 8.50. The molecule has 0 aliphatic heterocycles. The van der Waals surface area contributed by atoms with Crippen molar-refractivity contribution >= 4 is 0 Å². The summed E-state index contributed by atoms with van der Waals surface area (Å²) < 4.78 is 0. The smallest absolute Gasteiger partial charge is 0.00682 e. The van der Waals surface area contributed by atoms with E-state index in [9.17, 15) is 0 Å². The normalized spacial score (nSPS) is 28.6. The summed E-state index contributed by atoms with van der Waals surface area (Å²) in [5, 5.41) is 7.24. The molecule has 2 rings (SSSR count). The summed E-state index contributed by atoms with van der Waals surface area (Å²) in [7, 11) is 0. The Morgan fingerprint density at radius 1 is 0.895 bits per heavy atom. The Hall–Kier alpha value is -0.0800. The van der Waals surface area contributed by atoms with Crippen LogP contribution < -0.4 is 10.6 Å². The first-order chi connectivity index (χ1) is 9.05. The molecule has 2 aliphatic carbocycles. The van der Waals surface area contributed by atoms with Gasteiger partial charge in [0.05, 0.1) is 0 Å². The van der Waals surface area contributed by atoms with E-state index in [-0.39, 0.29) is 0 Å². The van der Waals surface area contributed by atoms with Crippen molar-refractivity contribution in [1.29, 1.82) is 0 Å². The predicted octanol–water partition coefficient (Wildman–Crippen LogP) is 3.57. The first kappa shape index (κ1) is 15.3. The van der Waals surface area contributed by atoms with E-state index in [0.717, 1.165) is 17.9 Å². The van der Waals surface area contributed by atoms with Crippen molar-refractivity contribution in [3.63, 3.8) is 0 Å². The van der Waals surface area contributed by atoms with Crippen LogP contribution in [0.3, 0.4) is 0 Å². The fourth-order valence-electron chi connectivity index (χ4n) is 3.35. The molecule has 0 saturated heterocycles. The minimum Gasteiger partial charge on any atom is -0.316 e. The summed E-state index contributed by atoms with van der Waals surface area (Å²) in [6, 6.07) is 0.868. The molecule has 19 heavy (non-hydrogen) atoms. The van der Waals surface area contributed by atoms with Crippen LogP contribution in [0.15, 0.2) is 0 Å². The van der Waals surface area contributed by atoms with Gasteiger partial charge in [-0.3, -0.25) is 0 Å². The van der Waals surface area contributed by atoms with E-state index < -0.39 is 0 Å². The average Bonchev–Trinajstić information content (AvgIpc) is 3.17. The Labute approximate surface area is 120 Å². The van der Waals surface area contributed by atoms with E-state index in [0.29, 0.717) is 5.41 Å². The highest BCUT2D eigenvalue weighted by atomic mass is 14.9. The lowest BCUT2D eigenvalue weighted by Gasteiger charge is -2.37. The van der Waals surface area contributed by atoms with Crippen LogP contribution in [-0.4, -0.2) is 25.7 Å². The van der Waals surface area contributed by atoms with E-state index in [1.807, 2.05) is 0 Å². The molecule has 2 heteroatoms. The maximum atomic E-state index is 3.66. The highest BCUT2D eigenvalue weighted by molar-refractivity contribution is 4.82. The van der Waals surface area contributed by atoms with Gasteiger partial charge in [0.25, 0.3) is 0 Å². The molecule has 2 aliphatic rings. The van der Waals surface area contributed by atoms with Crippen LogP contribution in [0.5, 0.6) is 0 Å². The predicted molar refractivity (Wildman–Crippen MR) is 83.4 cm³/mol. The van der Waals surface area contributed by atoms with Crippen LogP contribution >= 0.6 is 0 Å². The topological polar surface area (TPSA) is 24.1 Å². The average molecular weight is 266 g/mol. The second-order valence-corrected chi connectivity index (χ2v) is 7.87. The fourth-order valence-corrected chi connectivity index (χ4v) is 3.35. The Balaban J connectivity index is 1.46. The van der Waals surface area contributed by atoms with E-state index in [2.05, 4.69) is 31.4 Å². The quantitative estimate of drug-likeness (QED) is 0.688. The van der Waals surface area contributed by atoms with E-state index in [1.54, 1.807) is 0 Å². The summed E-state index contributed by atoms with van der Waals surface area (Å²) in [5.74, 6) is 1.89. The van der Waals surface area contributed by atoms with Gasteiger partial charge in [0.15, 0.2) is 0 Å². The van der Waals surface area contributed by atoms with Crippen molar-refractivity contribution in [3.8, 4) is 0 Å². The van der Waals surface area contributed by atoms with Crippen LogP contribution in [-0.2, 0) is 0 Å². The molecule has 0 radical (unpaired) electrons. The zero-order valence-corrected chi connectivity index (χ0v) is 13.3. The second kappa shape index (κ2) is 7.08. The molecule has 0 bridgehead atoms. The monoisotopic (exact) mass is 266 g/mol. The Kier molecular flexibility index (Phi) is 5.70. The lowest BCUT2D eigenvalue weighted by molar-refractivity contribution is 0.149. The standard InChI is InChI=1S/C17H34N2/c1-17(2,3)15-7-5-14(6-8-15)13-18-11-4-12-19-16-9-10-16/h14-16,18-19H,4-13H2,1-3H3. The van der Waals surface area contributed by atoms with Gasteiger partial charge in [-0.15, -0.1) is 0 Å². The third-order valence-corrected chi connectivity index (χ3v) is 5.05. The van der Waals surface area contributed by atoms with Gasteiger partial charge in [0.1, 0.15) is 0 Å². The zero-order chi connectivity index (χ0) is 13.7. The minimum atomic E-state index is 0.521. The molecule has 2 saturated carbocycles. The van der Waals surface area contributed by atoms with Gasteiger partial charge >= 0.3 is 0 Å². The minimum absolute atomic E-state index is 0.521. The summed E-state index contributed by atoms with van der Waals surface area (Å²) in [6.07, 6.45) is 9.87. The molecule has 0 heterocycles. The fraction of sp³-hybridized carbons (Fsp3) is 1.00. The molecule has 2 nitrogen and oxygen atoms in total. The summed E-state index contributed by atoms with van der Waals surface area (Å²) in [6.45, 7) is 10.9. The molecular formula is C17H34N2. The van der Waals surface area contributed by atoms with Crippen LogP contribution in [0.4, 0.5) is 0 Å². The molecule has 2 N–H and O–H groups in total. The Bertz CT molecular complexity index is 244. The van der Waals surface area contributed by atoms with Gasteiger partial charge in [-0.1, -0.05) is 20.8 Å². The lowest BCUT2D eigenvalue weighted by Crippen LogP contribution is -2.31. The molecule has 2 fully saturated rings. The summed E-state index contributed by atoms with van der Waals surface area (Å²) in [5.41, 5.74) is 0.521. The summed E-state index contributed by atoms with van der Waals surface area (Å²) >= 11 is 0.